The first-order valence-electron chi connectivity index (χ1n) is 11.2. The summed E-state index contributed by atoms with van der Waals surface area (Å²) in [6, 6.07) is 12.2. The number of rotatable bonds is 6. The maximum absolute atomic E-state index is 13.0. The molecule has 0 bridgehead atoms. The summed E-state index contributed by atoms with van der Waals surface area (Å²) in [6.45, 7) is 1.50. The Balaban J connectivity index is 1.38. The standard InChI is InChI=1S/C24H28N4O5S/c1-17-6-12-20(13-7-17)34(32,33)26-19-10-8-18(9-11-19)25-21(29)16-28-22(30)24(27(2)23(28)31)14-4-3-5-15-24/h6-13,26H,3-5,14-16H2,1-2H3,(H,25,29). The Hall–Kier alpha value is -3.40. The zero-order valence-electron chi connectivity index (χ0n) is 19.2. The number of benzene rings is 2. The Morgan fingerprint density at radius 1 is 0.941 bits per heavy atom. The first kappa shape index (κ1) is 23.7. The van der Waals surface area contributed by atoms with Crippen LogP contribution in [-0.4, -0.2) is 55.2 Å². The fraction of sp³-hybridized carbons (Fsp3) is 0.375. The number of imide groups is 1. The molecule has 180 valence electrons. The van der Waals surface area contributed by atoms with Crippen molar-refractivity contribution in [3.05, 3.63) is 54.1 Å². The molecule has 2 fully saturated rings. The maximum atomic E-state index is 13.0. The molecule has 1 saturated heterocycles. The molecule has 0 atom stereocenters. The van der Waals surface area contributed by atoms with E-state index >= 15 is 0 Å². The van der Waals surface area contributed by atoms with Gasteiger partial charge in [0, 0.05) is 18.4 Å². The van der Waals surface area contributed by atoms with Crippen LogP contribution in [0.3, 0.4) is 0 Å². The summed E-state index contributed by atoms with van der Waals surface area (Å²) in [6.07, 6.45) is 4.03. The first-order chi connectivity index (χ1) is 16.1. The average molecular weight is 485 g/mol. The predicted molar refractivity (Wildman–Crippen MR) is 128 cm³/mol. The van der Waals surface area contributed by atoms with E-state index in [0.717, 1.165) is 29.7 Å². The van der Waals surface area contributed by atoms with Crippen molar-refractivity contribution in [2.24, 2.45) is 0 Å². The third-order valence-electron chi connectivity index (χ3n) is 6.54. The van der Waals surface area contributed by atoms with E-state index in [1.807, 2.05) is 6.92 Å². The zero-order valence-corrected chi connectivity index (χ0v) is 20.0. The van der Waals surface area contributed by atoms with Gasteiger partial charge in [-0.1, -0.05) is 37.0 Å². The third-order valence-corrected chi connectivity index (χ3v) is 7.93. The van der Waals surface area contributed by atoms with Gasteiger partial charge in [0.15, 0.2) is 0 Å². The maximum Gasteiger partial charge on any atom is 0.327 e. The monoisotopic (exact) mass is 484 g/mol. The van der Waals surface area contributed by atoms with Crippen molar-refractivity contribution in [2.75, 3.05) is 23.6 Å². The van der Waals surface area contributed by atoms with Crippen LogP contribution < -0.4 is 10.0 Å². The number of aryl methyl sites for hydroxylation is 1. The van der Waals surface area contributed by atoms with E-state index in [0.29, 0.717) is 24.2 Å². The van der Waals surface area contributed by atoms with E-state index < -0.39 is 27.5 Å². The van der Waals surface area contributed by atoms with E-state index in [1.165, 1.54) is 29.2 Å². The third kappa shape index (κ3) is 4.50. The number of hydrogen-bond donors (Lipinski definition) is 2. The summed E-state index contributed by atoms with van der Waals surface area (Å²) in [5.74, 6) is -0.813. The molecular weight excluding hydrogens is 456 g/mol. The molecule has 0 radical (unpaired) electrons. The van der Waals surface area contributed by atoms with E-state index in [4.69, 9.17) is 0 Å². The summed E-state index contributed by atoms with van der Waals surface area (Å²) in [5, 5.41) is 2.66. The minimum absolute atomic E-state index is 0.149. The lowest BCUT2D eigenvalue weighted by molar-refractivity contribution is -0.136. The van der Waals surface area contributed by atoms with Crippen molar-refractivity contribution in [1.29, 1.82) is 0 Å². The van der Waals surface area contributed by atoms with Crippen LogP contribution in [0.1, 0.15) is 37.7 Å². The molecule has 2 aromatic rings. The Bertz CT molecular complexity index is 1200. The van der Waals surface area contributed by atoms with Crippen LogP contribution in [0.4, 0.5) is 16.2 Å². The van der Waals surface area contributed by atoms with E-state index in [-0.39, 0.29) is 17.3 Å². The molecule has 34 heavy (non-hydrogen) atoms. The molecule has 1 spiro atoms. The lowest BCUT2D eigenvalue weighted by Crippen LogP contribution is -2.49. The van der Waals surface area contributed by atoms with Crippen molar-refractivity contribution in [3.63, 3.8) is 0 Å². The molecule has 0 aromatic heterocycles. The van der Waals surface area contributed by atoms with Gasteiger partial charge in [0.1, 0.15) is 12.1 Å². The molecule has 2 aromatic carbocycles. The van der Waals surface area contributed by atoms with Crippen LogP contribution in [0, 0.1) is 6.92 Å². The number of nitrogens with one attached hydrogen (secondary N) is 2. The molecule has 1 aliphatic heterocycles. The smallest absolute Gasteiger partial charge is 0.325 e. The summed E-state index contributed by atoms with van der Waals surface area (Å²) < 4.78 is 27.6. The fourth-order valence-corrected chi connectivity index (χ4v) is 5.63. The minimum atomic E-state index is -3.74. The predicted octanol–water partition coefficient (Wildman–Crippen LogP) is 3.33. The Morgan fingerprint density at radius 2 is 1.53 bits per heavy atom. The minimum Gasteiger partial charge on any atom is -0.325 e. The SMILES string of the molecule is Cc1ccc(S(=O)(=O)Nc2ccc(NC(=O)CN3C(=O)N(C)C4(CCCCC4)C3=O)cc2)cc1. The largest absolute Gasteiger partial charge is 0.327 e. The normalized spacial score (nSPS) is 17.8. The van der Waals surface area contributed by atoms with Gasteiger partial charge in [-0.25, -0.2) is 13.2 Å². The van der Waals surface area contributed by atoms with Crippen molar-refractivity contribution >= 4 is 39.2 Å². The van der Waals surface area contributed by atoms with Crippen LogP contribution in [0.25, 0.3) is 0 Å². The van der Waals surface area contributed by atoms with E-state index in [1.54, 1.807) is 31.3 Å². The summed E-state index contributed by atoms with van der Waals surface area (Å²) >= 11 is 0. The molecular formula is C24H28N4O5S. The van der Waals surface area contributed by atoms with Gasteiger partial charge in [-0.05, 0) is 56.2 Å². The highest BCUT2D eigenvalue weighted by Gasteiger charge is 2.55. The second-order valence-corrected chi connectivity index (χ2v) is 10.6. The molecule has 1 aliphatic carbocycles. The topological polar surface area (TPSA) is 116 Å². The number of likely N-dealkylation sites (N-methyl/N-ethyl adjacent to an activating group) is 1. The van der Waals surface area contributed by atoms with Gasteiger partial charge < -0.3 is 10.2 Å². The number of urea groups is 1. The van der Waals surface area contributed by atoms with Crippen molar-refractivity contribution in [1.82, 2.24) is 9.80 Å². The van der Waals surface area contributed by atoms with Crippen LogP contribution in [0.5, 0.6) is 0 Å². The molecule has 4 rings (SSSR count). The highest BCUT2D eigenvalue weighted by Crippen LogP contribution is 2.39. The van der Waals surface area contributed by atoms with Gasteiger partial charge in [-0.3, -0.25) is 19.2 Å². The van der Waals surface area contributed by atoms with Crippen LogP contribution in [0.2, 0.25) is 0 Å². The molecule has 4 amide bonds. The number of nitrogens with zero attached hydrogens (tertiary/aromatic N) is 2. The highest BCUT2D eigenvalue weighted by molar-refractivity contribution is 7.92. The number of anilines is 2. The van der Waals surface area contributed by atoms with Crippen molar-refractivity contribution < 1.29 is 22.8 Å². The van der Waals surface area contributed by atoms with Crippen LogP contribution >= 0.6 is 0 Å². The molecule has 2 aliphatic rings. The summed E-state index contributed by atoms with van der Waals surface area (Å²) in [5.41, 5.74) is 0.885. The second kappa shape index (κ2) is 9.09. The summed E-state index contributed by atoms with van der Waals surface area (Å²) in [4.78, 5) is 40.9. The van der Waals surface area contributed by atoms with Gasteiger partial charge in [0.2, 0.25) is 5.91 Å². The molecule has 2 N–H and O–H groups in total. The van der Waals surface area contributed by atoms with E-state index in [2.05, 4.69) is 10.0 Å². The quantitative estimate of drug-likeness (QED) is 0.610. The lowest BCUT2D eigenvalue weighted by Gasteiger charge is -2.35. The van der Waals surface area contributed by atoms with Crippen molar-refractivity contribution in [2.45, 2.75) is 49.5 Å². The van der Waals surface area contributed by atoms with Crippen LogP contribution in [-0.2, 0) is 19.6 Å². The Morgan fingerprint density at radius 3 is 2.15 bits per heavy atom. The van der Waals surface area contributed by atoms with Crippen LogP contribution in [0.15, 0.2) is 53.4 Å². The van der Waals surface area contributed by atoms with E-state index in [9.17, 15) is 22.8 Å². The molecule has 9 nitrogen and oxygen atoms in total. The number of sulfonamides is 1. The lowest BCUT2D eigenvalue weighted by atomic mass is 9.81. The average Bonchev–Trinajstić information content (AvgIpc) is 2.97. The van der Waals surface area contributed by atoms with Gasteiger partial charge in [-0.15, -0.1) is 0 Å². The highest BCUT2D eigenvalue weighted by atomic mass is 32.2. The number of hydrogen-bond acceptors (Lipinski definition) is 5. The Kier molecular flexibility index (Phi) is 6.35. The number of amides is 4. The van der Waals surface area contributed by atoms with Gasteiger partial charge in [0.25, 0.3) is 15.9 Å². The van der Waals surface area contributed by atoms with Gasteiger partial charge in [0.05, 0.1) is 4.90 Å². The zero-order chi connectivity index (χ0) is 24.5. The number of carbonyl (C=O) groups is 3. The van der Waals surface area contributed by atoms with Gasteiger partial charge >= 0.3 is 6.03 Å². The molecule has 1 saturated carbocycles. The fourth-order valence-electron chi connectivity index (χ4n) is 4.57. The second-order valence-electron chi connectivity index (χ2n) is 8.87. The number of carbonyl (C=O) groups excluding carboxylic acids is 3. The molecule has 10 heteroatoms. The first-order valence-corrected chi connectivity index (χ1v) is 12.7. The van der Waals surface area contributed by atoms with Crippen molar-refractivity contribution in [3.8, 4) is 0 Å². The Labute approximate surface area is 199 Å². The molecule has 1 heterocycles. The summed E-state index contributed by atoms with van der Waals surface area (Å²) in [7, 11) is -2.11. The van der Waals surface area contributed by atoms with Gasteiger partial charge in [-0.2, -0.15) is 0 Å². The molecule has 0 unspecified atom stereocenters.